The van der Waals surface area contributed by atoms with Gasteiger partial charge in [0.1, 0.15) is 5.84 Å². The molecule has 0 spiro atoms. The molecule has 1 amide bonds. The van der Waals surface area contributed by atoms with Crippen molar-refractivity contribution in [2.75, 3.05) is 18.4 Å². The number of aliphatic imine (C=N–C) groups is 1. The molecule has 4 nitrogen and oxygen atoms in total. The molecule has 0 atom stereocenters. The van der Waals surface area contributed by atoms with E-state index in [1.807, 2.05) is 55.5 Å². The van der Waals surface area contributed by atoms with Gasteiger partial charge in [-0.1, -0.05) is 17.7 Å². The van der Waals surface area contributed by atoms with Gasteiger partial charge >= 0.3 is 0 Å². The fraction of sp³-hybridized carbons (Fsp3) is 0.176. The Hall–Kier alpha value is -2.62. The van der Waals surface area contributed by atoms with Crippen molar-refractivity contribution in [1.82, 2.24) is 5.32 Å². The Bertz CT molecular complexity index is 672. The molecule has 0 radical (unpaired) electrons. The molecular formula is C17H17N3O. The summed E-state index contributed by atoms with van der Waals surface area (Å²) in [6, 6.07) is 15.2. The summed E-state index contributed by atoms with van der Waals surface area (Å²) in [7, 11) is 0. The number of carbonyl (C=O) groups is 1. The first-order valence-electron chi connectivity index (χ1n) is 6.99. The lowest BCUT2D eigenvalue weighted by molar-refractivity contribution is 0.102. The molecule has 2 N–H and O–H groups in total. The zero-order chi connectivity index (χ0) is 14.7. The van der Waals surface area contributed by atoms with Crippen molar-refractivity contribution in [3.63, 3.8) is 0 Å². The number of aryl methyl sites for hydroxylation is 1. The minimum atomic E-state index is -0.0981. The molecule has 3 rings (SSSR count). The Morgan fingerprint density at radius 3 is 2.43 bits per heavy atom. The molecule has 0 aromatic heterocycles. The zero-order valence-corrected chi connectivity index (χ0v) is 11.9. The molecule has 1 heterocycles. The van der Waals surface area contributed by atoms with Gasteiger partial charge in [-0.3, -0.25) is 9.79 Å². The quantitative estimate of drug-likeness (QED) is 0.907. The molecular weight excluding hydrogens is 262 g/mol. The topological polar surface area (TPSA) is 53.5 Å². The van der Waals surface area contributed by atoms with Crippen molar-refractivity contribution in [1.29, 1.82) is 0 Å². The van der Waals surface area contributed by atoms with E-state index in [2.05, 4.69) is 15.6 Å². The van der Waals surface area contributed by atoms with Crippen LogP contribution >= 0.6 is 0 Å². The molecule has 21 heavy (non-hydrogen) atoms. The van der Waals surface area contributed by atoms with E-state index in [4.69, 9.17) is 0 Å². The van der Waals surface area contributed by atoms with Gasteiger partial charge in [-0.25, -0.2) is 0 Å². The molecule has 2 aromatic carbocycles. The highest BCUT2D eigenvalue weighted by Crippen LogP contribution is 2.13. The van der Waals surface area contributed by atoms with Crippen LogP contribution < -0.4 is 10.6 Å². The normalized spacial score (nSPS) is 13.5. The lowest BCUT2D eigenvalue weighted by Crippen LogP contribution is -2.19. The number of benzene rings is 2. The minimum Gasteiger partial charge on any atom is -0.368 e. The van der Waals surface area contributed by atoms with Crippen LogP contribution in [0.4, 0.5) is 5.69 Å². The number of hydrogen-bond acceptors (Lipinski definition) is 3. The SMILES string of the molecule is Cc1ccc(C(=O)Nc2ccc(C3=NCCN3)cc2)cc1. The highest BCUT2D eigenvalue weighted by Gasteiger charge is 2.09. The van der Waals surface area contributed by atoms with Crippen molar-refractivity contribution >= 4 is 17.4 Å². The highest BCUT2D eigenvalue weighted by molar-refractivity contribution is 6.05. The van der Waals surface area contributed by atoms with Crippen molar-refractivity contribution in [3.05, 3.63) is 65.2 Å². The van der Waals surface area contributed by atoms with E-state index >= 15 is 0 Å². The predicted octanol–water partition coefficient (Wildman–Crippen LogP) is 2.60. The fourth-order valence-electron chi connectivity index (χ4n) is 2.21. The molecule has 0 unspecified atom stereocenters. The van der Waals surface area contributed by atoms with Gasteiger partial charge in [0.25, 0.3) is 5.91 Å². The van der Waals surface area contributed by atoms with Gasteiger partial charge in [-0.15, -0.1) is 0 Å². The first-order chi connectivity index (χ1) is 10.2. The summed E-state index contributed by atoms with van der Waals surface area (Å²) in [6.07, 6.45) is 0. The lowest BCUT2D eigenvalue weighted by atomic mass is 10.1. The smallest absolute Gasteiger partial charge is 0.255 e. The Kier molecular flexibility index (Phi) is 3.69. The van der Waals surface area contributed by atoms with Crippen LogP contribution in [-0.2, 0) is 0 Å². The first kappa shape index (κ1) is 13.4. The molecule has 106 valence electrons. The van der Waals surface area contributed by atoms with Gasteiger partial charge in [0.05, 0.1) is 6.54 Å². The summed E-state index contributed by atoms with van der Waals surface area (Å²) in [5, 5.41) is 6.12. The number of rotatable bonds is 3. The second-order valence-corrected chi connectivity index (χ2v) is 5.05. The van der Waals surface area contributed by atoms with E-state index in [9.17, 15) is 4.79 Å². The summed E-state index contributed by atoms with van der Waals surface area (Å²) >= 11 is 0. The van der Waals surface area contributed by atoms with Crippen LogP contribution in [0.1, 0.15) is 21.5 Å². The lowest BCUT2D eigenvalue weighted by Gasteiger charge is -2.07. The number of amidine groups is 1. The van der Waals surface area contributed by atoms with Gasteiger partial charge in [-0.2, -0.15) is 0 Å². The molecule has 0 saturated heterocycles. The Labute approximate surface area is 123 Å². The Morgan fingerprint density at radius 1 is 1.10 bits per heavy atom. The van der Waals surface area contributed by atoms with Crippen LogP contribution in [-0.4, -0.2) is 24.8 Å². The third kappa shape index (κ3) is 3.11. The maximum Gasteiger partial charge on any atom is 0.255 e. The van der Waals surface area contributed by atoms with Crippen molar-refractivity contribution in [2.45, 2.75) is 6.92 Å². The average molecular weight is 279 g/mol. The number of nitrogens with zero attached hydrogens (tertiary/aromatic N) is 1. The number of amides is 1. The fourth-order valence-corrected chi connectivity index (χ4v) is 2.21. The molecule has 4 heteroatoms. The second-order valence-electron chi connectivity index (χ2n) is 5.05. The van der Waals surface area contributed by atoms with Crippen molar-refractivity contribution in [2.24, 2.45) is 4.99 Å². The summed E-state index contributed by atoms with van der Waals surface area (Å²) in [6.45, 7) is 3.71. The van der Waals surface area contributed by atoms with Crippen LogP contribution in [0.3, 0.4) is 0 Å². The average Bonchev–Trinajstić information content (AvgIpc) is 3.03. The van der Waals surface area contributed by atoms with Crippen LogP contribution in [0, 0.1) is 6.92 Å². The zero-order valence-electron chi connectivity index (χ0n) is 11.9. The van der Waals surface area contributed by atoms with E-state index in [1.54, 1.807) is 0 Å². The third-order valence-corrected chi connectivity index (χ3v) is 3.40. The molecule has 0 fully saturated rings. The van der Waals surface area contributed by atoms with E-state index in [0.29, 0.717) is 5.56 Å². The maximum atomic E-state index is 12.1. The summed E-state index contributed by atoms with van der Waals surface area (Å²) in [5.41, 5.74) is 3.62. The minimum absolute atomic E-state index is 0.0981. The molecule has 0 bridgehead atoms. The monoisotopic (exact) mass is 279 g/mol. The van der Waals surface area contributed by atoms with Gasteiger partial charge in [0.15, 0.2) is 0 Å². The van der Waals surface area contributed by atoms with Gasteiger partial charge in [0.2, 0.25) is 0 Å². The van der Waals surface area contributed by atoms with Crippen LogP contribution in [0.2, 0.25) is 0 Å². The van der Waals surface area contributed by atoms with Gasteiger partial charge in [0, 0.05) is 23.4 Å². The number of anilines is 1. The van der Waals surface area contributed by atoms with Crippen LogP contribution in [0.15, 0.2) is 53.5 Å². The second kappa shape index (κ2) is 5.79. The Morgan fingerprint density at radius 2 is 1.81 bits per heavy atom. The van der Waals surface area contributed by atoms with E-state index < -0.39 is 0 Å². The van der Waals surface area contributed by atoms with Crippen molar-refractivity contribution in [3.8, 4) is 0 Å². The molecule has 2 aromatic rings. The predicted molar refractivity (Wildman–Crippen MR) is 85.0 cm³/mol. The van der Waals surface area contributed by atoms with Gasteiger partial charge in [-0.05, 0) is 43.3 Å². The molecule has 0 saturated carbocycles. The largest absolute Gasteiger partial charge is 0.368 e. The molecule has 1 aliphatic rings. The number of nitrogens with one attached hydrogen (secondary N) is 2. The van der Waals surface area contributed by atoms with E-state index in [-0.39, 0.29) is 5.91 Å². The Balaban J connectivity index is 1.70. The number of carbonyl (C=O) groups excluding carboxylic acids is 1. The summed E-state index contributed by atoms with van der Waals surface area (Å²) < 4.78 is 0. The first-order valence-corrected chi connectivity index (χ1v) is 6.99. The molecule has 1 aliphatic heterocycles. The summed E-state index contributed by atoms with van der Waals surface area (Å²) in [5.74, 6) is 0.825. The van der Waals surface area contributed by atoms with E-state index in [1.165, 1.54) is 0 Å². The van der Waals surface area contributed by atoms with E-state index in [0.717, 1.165) is 35.7 Å². The third-order valence-electron chi connectivity index (χ3n) is 3.40. The standard InChI is InChI=1S/C17H17N3O/c1-12-2-4-14(5-3-12)17(21)20-15-8-6-13(7-9-15)16-18-10-11-19-16/h2-9H,10-11H2,1H3,(H,18,19)(H,20,21). The van der Waals surface area contributed by atoms with Crippen LogP contribution in [0.5, 0.6) is 0 Å². The van der Waals surface area contributed by atoms with Crippen molar-refractivity contribution < 1.29 is 4.79 Å². The van der Waals surface area contributed by atoms with Gasteiger partial charge < -0.3 is 10.6 Å². The summed E-state index contributed by atoms with van der Waals surface area (Å²) in [4.78, 5) is 16.5. The number of hydrogen-bond donors (Lipinski definition) is 2. The molecule has 0 aliphatic carbocycles. The maximum absolute atomic E-state index is 12.1. The van der Waals surface area contributed by atoms with Crippen LogP contribution in [0.25, 0.3) is 0 Å². The highest BCUT2D eigenvalue weighted by atomic mass is 16.1.